The number of carbonyl (C=O) groups is 2. The van der Waals surface area contributed by atoms with E-state index in [0.717, 1.165) is 64.2 Å². The van der Waals surface area contributed by atoms with E-state index in [1.165, 1.54) is 22.3 Å². The SMILES string of the molecule is Cc1cc(C)c(CCCCC(C)(C)OC=O)cc1CCCCCCC(C)(C)C(=O)O. The monoisotopic (exact) mass is 418 g/mol. The van der Waals surface area contributed by atoms with Gasteiger partial charge in [-0.15, -0.1) is 0 Å². The van der Waals surface area contributed by atoms with E-state index in [2.05, 4.69) is 26.0 Å². The third-order valence-electron chi connectivity index (χ3n) is 6.21. The Hall–Kier alpha value is -1.84. The van der Waals surface area contributed by atoms with Crippen molar-refractivity contribution in [3.05, 3.63) is 34.4 Å². The van der Waals surface area contributed by atoms with Gasteiger partial charge in [-0.1, -0.05) is 31.4 Å². The third-order valence-corrected chi connectivity index (χ3v) is 6.21. The van der Waals surface area contributed by atoms with Crippen LogP contribution in [0.1, 0.15) is 101 Å². The summed E-state index contributed by atoms with van der Waals surface area (Å²) in [6, 6.07) is 4.69. The van der Waals surface area contributed by atoms with Gasteiger partial charge in [0.2, 0.25) is 0 Å². The minimum Gasteiger partial charge on any atom is -0.481 e. The summed E-state index contributed by atoms with van der Waals surface area (Å²) in [6.07, 6.45) is 10.2. The molecule has 4 heteroatoms. The highest BCUT2D eigenvalue weighted by Crippen LogP contribution is 2.25. The first-order chi connectivity index (χ1) is 14.0. The highest BCUT2D eigenvalue weighted by Gasteiger charge is 2.25. The number of rotatable bonds is 15. The molecule has 0 unspecified atom stereocenters. The molecule has 1 N–H and O–H groups in total. The molecule has 0 radical (unpaired) electrons. The molecule has 0 saturated carbocycles. The van der Waals surface area contributed by atoms with Crippen LogP contribution in [0.4, 0.5) is 0 Å². The van der Waals surface area contributed by atoms with Gasteiger partial charge in [0.15, 0.2) is 0 Å². The number of unbranched alkanes of at least 4 members (excludes halogenated alkanes) is 4. The maximum Gasteiger partial charge on any atom is 0.309 e. The largest absolute Gasteiger partial charge is 0.481 e. The lowest BCUT2D eigenvalue weighted by Crippen LogP contribution is -2.23. The second-order valence-electron chi connectivity index (χ2n) is 9.99. The summed E-state index contributed by atoms with van der Waals surface area (Å²) < 4.78 is 5.13. The predicted molar refractivity (Wildman–Crippen MR) is 123 cm³/mol. The maximum absolute atomic E-state index is 11.2. The summed E-state index contributed by atoms with van der Waals surface area (Å²) >= 11 is 0. The van der Waals surface area contributed by atoms with Crippen LogP contribution in [0.2, 0.25) is 0 Å². The fourth-order valence-electron chi connectivity index (χ4n) is 3.89. The second-order valence-corrected chi connectivity index (χ2v) is 9.99. The highest BCUT2D eigenvalue weighted by atomic mass is 16.5. The summed E-state index contributed by atoms with van der Waals surface area (Å²) in [5.41, 5.74) is 4.59. The van der Waals surface area contributed by atoms with E-state index < -0.39 is 11.4 Å². The molecule has 1 rings (SSSR count). The summed E-state index contributed by atoms with van der Waals surface area (Å²) in [4.78, 5) is 21.7. The molecule has 0 bridgehead atoms. The van der Waals surface area contributed by atoms with Crippen LogP contribution >= 0.6 is 0 Å². The molecule has 30 heavy (non-hydrogen) atoms. The van der Waals surface area contributed by atoms with E-state index in [0.29, 0.717) is 6.47 Å². The number of hydrogen-bond donors (Lipinski definition) is 1. The normalized spacial score (nSPS) is 12.1. The molecule has 0 atom stereocenters. The summed E-state index contributed by atoms with van der Waals surface area (Å²) in [6.45, 7) is 12.5. The smallest absolute Gasteiger partial charge is 0.309 e. The number of carboxylic acid groups (broad SMARTS) is 1. The fourth-order valence-corrected chi connectivity index (χ4v) is 3.89. The fraction of sp³-hybridized carbons (Fsp3) is 0.692. The van der Waals surface area contributed by atoms with E-state index >= 15 is 0 Å². The van der Waals surface area contributed by atoms with Crippen LogP contribution in [0.3, 0.4) is 0 Å². The molecule has 0 aromatic heterocycles. The minimum atomic E-state index is -0.704. The molecular formula is C26H42O4. The van der Waals surface area contributed by atoms with Crippen molar-refractivity contribution in [3.63, 3.8) is 0 Å². The average molecular weight is 419 g/mol. The standard InChI is InChI=1S/C26H42O4/c1-20-17-21(2)23(14-10-12-16-26(5,6)30-19-27)18-22(20)13-9-7-8-11-15-25(3,4)24(28)29/h17-19H,7-16H2,1-6H3,(H,28,29). The summed E-state index contributed by atoms with van der Waals surface area (Å²) in [5.74, 6) is -0.704. The topological polar surface area (TPSA) is 63.6 Å². The Bertz CT molecular complexity index is 689. The van der Waals surface area contributed by atoms with Crippen LogP contribution in [0.15, 0.2) is 12.1 Å². The lowest BCUT2D eigenvalue weighted by atomic mass is 9.87. The Balaban J connectivity index is 2.45. The molecule has 0 aliphatic heterocycles. The molecule has 0 fully saturated rings. The zero-order valence-corrected chi connectivity index (χ0v) is 20.0. The van der Waals surface area contributed by atoms with Crippen LogP contribution in [0.5, 0.6) is 0 Å². The van der Waals surface area contributed by atoms with Crippen LogP contribution in [-0.4, -0.2) is 23.1 Å². The van der Waals surface area contributed by atoms with Gasteiger partial charge in [0, 0.05) is 0 Å². The van der Waals surface area contributed by atoms with Crippen LogP contribution < -0.4 is 0 Å². The number of benzene rings is 1. The molecule has 170 valence electrons. The van der Waals surface area contributed by atoms with Gasteiger partial charge in [-0.3, -0.25) is 9.59 Å². The van der Waals surface area contributed by atoms with Crippen LogP contribution in [0.25, 0.3) is 0 Å². The second kappa shape index (κ2) is 12.1. The Labute approximate surface area is 183 Å². The van der Waals surface area contributed by atoms with Crippen molar-refractivity contribution >= 4 is 12.4 Å². The van der Waals surface area contributed by atoms with Gasteiger partial charge >= 0.3 is 5.97 Å². The van der Waals surface area contributed by atoms with Crippen molar-refractivity contribution in [1.29, 1.82) is 0 Å². The Morgan fingerprint density at radius 3 is 1.90 bits per heavy atom. The molecular weight excluding hydrogens is 376 g/mol. The number of carboxylic acids is 1. The molecule has 1 aromatic carbocycles. The van der Waals surface area contributed by atoms with Gasteiger partial charge in [-0.25, -0.2) is 0 Å². The molecule has 0 heterocycles. The van der Waals surface area contributed by atoms with Gasteiger partial charge in [0.05, 0.1) is 5.41 Å². The van der Waals surface area contributed by atoms with E-state index in [1.54, 1.807) is 0 Å². The molecule has 0 amide bonds. The zero-order chi connectivity index (χ0) is 22.8. The van der Waals surface area contributed by atoms with Gasteiger partial charge in [-0.2, -0.15) is 0 Å². The van der Waals surface area contributed by atoms with Crippen molar-refractivity contribution in [2.75, 3.05) is 0 Å². The van der Waals surface area contributed by atoms with Crippen molar-refractivity contribution < 1.29 is 19.4 Å². The molecule has 0 spiro atoms. The van der Waals surface area contributed by atoms with Crippen molar-refractivity contribution in [1.82, 2.24) is 0 Å². The van der Waals surface area contributed by atoms with Crippen LogP contribution in [-0.2, 0) is 27.2 Å². The maximum atomic E-state index is 11.2. The highest BCUT2D eigenvalue weighted by molar-refractivity contribution is 5.73. The number of ether oxygens (including phenoxy) is 1. The molecule has 4 nitrogen and oxygen atoms in total. The predicted octanol–water partition coefficient (Wildman–Crippen LogP) is 6.57. The first-order valence-electron chi connectivity index (χ1n) is 11.4. The molecule has 0 aliphatic rings. The lowest BCUT2D eigenvalue weighted by Gasteiger charge is -2.22. The Morgan fingerprint density at radius 2 is 1.37 bits per heavy atom. The van der Waals surface area contributed by atoms with Crippen molar-refractivity contribution in [2.45, 2.75) is 111 Å². The van der Waals surface area contributed by atoms with Crippen LogP contribution in [0, 0.1) is 19.3 Å². The Morgan fingerprint density at radius 1 is 0.867 bits per heavy atom. The first-order valence-corrected chi connectivity index (χ1v) is 11.4. The molecule has 0 saturated heterocycles. The summed E-state index contributed by atoms with van der Waals surface area (Å²) in [7, 11) is 0. The molecule has 0 aliphatic carbocycles. The van der Waals surface area contributed by atoms with Gasteiger partial charge in [-0.05, 0) is 109 Å². The molecule has 1 aromatic rings. The van der Waals surface area contributed by atoms with Gasteiger partial charge in [0.25, 0.3) is 6.47 Å². The van der Waals surface area contributed by atoms with E-state index in [-0.39, 0.29) is 5.60 Å². The first kappa shape index (κ1) is 26.2. The Kier molecular flexibility index (Phi) is 10.6. The van der Waals surface area contributed by atoms with E-state index in [4.69, 9.17) is 4.74 Å². The van der Waals surface area contributed by atoms with E-state index in [1.807, 2.05) is 27.7 Å². The summed E-state index contributed by atoms with van der Waals surface area (Å²) in [5, 5.41) is 9.19. The van der Waals surface area contributed by atoms with E-state index in [9.17, 15) is 14.7 Å². The number of aliphatic carboxylic acids is 1. The van der Waals surface area contributed by atoms with Crippen molar-refractivity contribution in [2.24, 2.45) is 5.41 Å². The minimum absolute atomic E-state index is 0.380. The zero-order valence-electron chi connectivity index (χ0n) is 20.0. The van der Waals surface area contributed by atoms with Gasteiger partial charge in [0.1, 0.15) is 5.60 Å². The average Bonchev–Trinajstić information content (AvgIpc) is 2.64. The quantitative estimate of drug-likeness (QED) is 0.258. The third kappa shape index (κ3) is 9.32. The van der Waals surface area contributed by atoms with Gasteiger partial charge < -0.3 is 9.84 Å². The lowest BCUT2D eigenvalue weighted by molar-refractivity contribution is -0.147. The number of aryl methyl sites for hydroxylation is 4. The number of carbonyl (C=O) groups excluding carboxylic acids is 1. The number of hydrogen-bond acceptors (Lipinski definition) is 3. The van der Waals surface area contributed by atoms with Crippen molar-refractivity contribution in [3.8, 4) is 0 Å².